The highest BCUT2D eigenvalue weighted by molar-refractivity contribution is 14.1. The average molecular weight is 500 g/mol. The number of methoxy groups -OCH3 is 3. The molecular weight excluding hydrogens is 485 g/mol. The fourth-order valence-electron chi connectivity index (χ4n) is 2.53. The zero-order chi connectivity index (χ0) is 19.6. The normalized spacial score (nSPS) is 14.8. The first-order valence-electron chi connectivity index (χ1n) is 7.74. The van der Waals surface area contributed by atoms with E-state index in [9.17, 15) is 4.79 Å². The Labute approximate surface area is 174 Å². The highest BCUT2D eigenvalue weighted by Crippen LogP contribution is 2.39. The molecule has 8 heteroatoms. The maximum atomic E-state index is 12.3. The van der Waals surface area contributed by atoms with Gasteiger partial charge in [-0.2, -0.15) is 0 Å². The second kappa shape index (κ2) is 8.18. The summed E-state index contributed by atoms with van der Waals surface area (Å²) in [7, 11) is 4.56. The van der Waals surface area contributed by atoms with Crippen LogP contribution in [-0.2, 0) is 9.53 Å². The monoisotopic (exact) mass is 499 g/mol. The molecular formula is C19H15ClINO5. The summed E-state index contributed by atoms with van der Waals surface area (Å²) in [5.41, 5.74) is 1.36. The number of hydrogen-bond acceptors (Lipinski definition) is 6. The summed E-state index contributed by atoms with van der Waals surface area (Å²) < 4.78 is 22.2. The minimum atomic E-state index is -0.561. The van der Waals surface area contributed by atoms with Crippen LogP contribution in [0.2, 0.25) is 5.02 Å². The summed E-state index contributed by atoms with van der Waals surface area (Å²) in [5.74, 6) is 1.02. The van der Waals surface area contributed by atoms with Crippen molar-refractivity contribution in [3.63, 3.8) is 0 Å². The van der Waals surface area contributed by atoms with Crippen LogP contribution in [0.15, 0.2) is 41.0 Å². The Hall–Kier alpha value is -2.26. The van der Waals surface area contributed by atoms with Crippen molar-refractivity contribution < 1.29 is 23.7 Å². The van der Waals surface area contributed by atoms with Crippen molar-refractivity contribution in [3.05, 3.63) is 55.7 Å². The molecule has 0 fully saturated rings. The van der Waals surface area contributed by atoms with Crippen LogP contribution in [0.4, 0.5) is 0 Å². The SMILES string of the molecule is COc1cc(/C=C2/N=C(c3cc(I)ccc3Cl)OC2=O)cc(OC)c1OC. The van der Waals surface area contributed by atoms with Gasteiger partial charge in [-0.1, -0.05) is 11.6 Å². The van der Waals surface area contributed by atoms with Crippen LogP contribution < -0.4 is 14.2 Å². The number of cyclic esters (lactones) is 1. The fourth-order valence-corrected chi connectivity index (χ4v) is 3.22. The zero-order valence-corrected chi connectivity index (χ0v) is 17.6. The second-order valence-electron chi connectivity index (χ2n) is 5.42. The fraction of sp³-hybridized carbons (Fsp3) is 0.158. The van der Waals surface area contributed by atoms with E-state index in [4.69, 9.17) is 30.5 Å². The van der Waals surface area contributed by atoms with Crippen molar-refractivity contribution in [2.24, 2.45) is 4.99 Å². The number of hydrogen-bond donors (Lipinski definition) is 0. The van der Waals surface area contributed by atoms with E-state index in [1.54, 1.807) is 30.3 Å². The third-order valence-corrected chi connectivity index (χ3v) is 4.77. The largest absolute Gasteiger partial charge is 0.493 e. The van der Waals surface area contributed by atoms with Crippen LogP contribution in [0.1, 0.15) is 11.1 Å². The van der Waals surface area contributed by atoms with Gasteiger partial charge in [0.15, 0.2) is 17.2 Å². The molecule has 1 aliphatic heterocycles. The standard InChI is InChI=1S/C19H15ClINO5/c1-24-15-7-10(8-16(25-2)17(15)26-3)6-14-19(23)27-18(22-14)12-9-11(21)4-5-13(12)20/h4-9H,1-3H3/b14-6+. The van der Waals surface area contributed by atoms with E-state index in [0.29, 0.717) is 33.4 Å². The summed E-state index contributed by atoms with van der Waals surface area (Å²) in [6.45, 7) is 0. The molecule has 0 aliphatic carbocycles. The summed E-state index contributed by atoms with van der Waals surface area (Å²) in [6.07, 6.45) is 1.58. The van der Waals surface area contributed by atoms with Crippen LogP contribution in [0.5, 0.6) is 17.2 Å². The van der Waals surface area contributed by atoms with Crippen molar-refractivity contribution >= 4 is 52.1 Å². The average Bonchev–Trinajstić information content (AvgIpc) is 3.02. The minimum absolute atomic E-state index is 0.147. The van der Waals surface area contributed by atoms with E-state index in [0.717, 1.165) is 3.57 Å². The highest BCUT2D eigenvalue weighted by atomic mass is 127. The Bertz CT molecular complexity index is 946. The number of aliphatic imine (C=N–C) groups is 1. The summed E-state index contributed by atoms with van der Waals surface area (Å²) in [6, 6.07) is 8.82. The lowest BCUT2D eigenvalue weighted by Crippen LogP contribution is -2.06. The van der Waals surface area contributed by atoms with Gasteiger partial charge in [0.25, 0.3) is 0 Å². The molecule has 0 saturated carbocycles. The van der Waals surface area contributed by atoms with E-state index in [-0.39, 0.29) is 11.6 Å². The molecule has 0 N–H and O–H groups in total. The molecule has 2 aromatic rings. The first kappa shape index (κ1) is 19.5. The van der Waals surface area contributed by atoms with Gasteiger partial charge in [0.1, 0.15) is 0 Å². The van der Waals surface area contributed by atoms with Crippen LogP contribution >= 0.6 is 34.2 Å². The van der Waals surface area contributed by atoms with Gasteiger partial charge in [-0.15, -0.1) is 0 Å². The summed E-state index contributed by atoms with van der Waals surface area (Å²) in [5, 5.41) is 0.455. The number of rotatable bonds is 5. The smallest absolute Gasteiger partial charge is 0.363 e. The van der Waals surface area contributed by atoms with E-state index < -0.39 is 5.97 Å². The Balaban J connectivity index is 2.03. The van der Waals surface area contributed by atoms with Crippen molar-refractivity contribution in [2.75, 3.05) is 21.3 Å². The van der Waals surface area contributed by atoms with E-state index in [1.807, 2.05) is 6.07 Å². The molecule has 3 rings (SSSR count). The first-order chi connectivity index (χ1) is 13.0. The lowest BCUT2D eigenvalue weighted by molar-refractivity contribution is -0.129. The molecule has 0 amide bonds. The molecule has 6 nitrogen and oxygen atoms in total. The number of carbonyl (C=O) groups is 1. The van der Waals surface area contributed by atoms with E-state index >= 15 is 0 Å². The zero-order valence-electron chi connectivity index (χ0n) is 14.7. The van der Waals surface area contributed by atoms with Crippen molar-refractivity contribution in [1.29, 1.82) is 0 Å². The number of nitrogens with zero attached hydrogens (tertiary/aromatic N) is 1. The molecule has 0 aromatic heterocycles. The molecule has 0 radical (unpaired) electrons. The predicted molar refractivity (Wildman–Crippen MR) is 111 cm³/mol. The highest BCUT2D eigenvalue weighted by Gasteiger charge is 2.26. The van der Waals surface area contributed by atoms with Gasteiger partial charge in [0, 0.05) is 3.57 Å². The van der Waals surface area contributed by atoms with Gasteiger partial charge in [-0.25, -0.2) is 9.79 Å². The Kier molecular flexibility index (Phi) is 5.91. The number of carbonyl (C=O) groups excluding carboxylic acids is 1. The number of ether oxygens (including phenoxy) is 4. The number of esters is 1. The molecule has 1 aliphatic rings. The van der Waals surface area contributed by atoms with Crippen molar-refractivity contribution in [1.82, 2.24) is 0 Å². The molecule has 1 heterocycles. The van der Waals surface area contributed by atoms with Crippen LogP contribution in [-0.4, -0.2) is 33.2 Å². The molecule has 140 valence electrons. The summed E-state index contributed by atoms with van der Waals surface area (Å²) >= 11 is 8.35. The molecule has 27 heavy (non-hydrogen) atoms. The van der Waals surface area contributed by atoms with Crippen LogP contribution in [0.25, 0.3) is 6.08 Å². The maximum Gasteiger partial charge on any atom is 0.363 e. The van der Waals surface area contributed by atoms with E-state index in [2.05, 4.69) is 27.6 Å². The third-order valence-electron chi connectivity index (χ3n) is 3.77. The predicted octanol–water partition coefficient (Wildman–Crippen LogP) is 4.31. The third kappa shape index (κ3) is 4.03. The maximum absolute atomic E-state index is 12.3. The molecule has 0 atom stereocenters. The molecule has 0 spiro atoms. The van der Waals surface area contributed by atoms with Gasteiger partial charge < -0.3 is 18.9 Å². The number of halogens is 2. The van der Waals surface area contributed by atoms with E-state index in [1.165, 1.54) is 21.3 Å². The molecule has 2 aromatic carbocycles. The Morgan fingerprint density at radius 1 is 1.07 bits per heavy atom. The summed E-state index contributed by atoms with van der Waals surface area (Å²) in [4.78, 5) is 16.5. The van der Waals surface area contributed by atoms with Crippen LogP contribution in [0, 0.1) is 3.57 Å². The van der Waals surface area contributed by atoms with Gasteiger partial charge in [-0.05, 0) is 64.6 Å². The number of benzene rings is 2. The molecule has 0 saturated heterocycles. The lowest BCUT2D eigenvalue weighted by atomic mass is 10.1. The molecule has 0 unspecified atom stereocenters. The lowest BCUT2D eigenvalue weighted by Gasteiger charge is -2.12. The minimum Gasteiger partial charge on any atom is -0.493 e. The molecule has 0 bridgehead atoms. The van der Waals surface area contributed by atoms with Gasteiger partial charge >= 0.3 is 5.97 Å². The van der Waals surface area contributed by atoms with Crippen molar-refractivity contribution in [3.8, 4) is 17.2 Å². The van der Waals surface area contributed by atoms with Crippen molar-refractivity contribution in [2.45, 2.75) is 0 Å². The topological polar surface area (TPSA) is 66.4 Å². The van der Waals surface area contributed by atoms with Gasteiger partial charge in [-0.3, -0.25) is 0 Å². The van der Waals surface area contributed by atoms with Crippen LogP contribution in [0.3, 0.4) is 0 Å². The van der Waals surface area contributed by atoms with Gasteiger partial charge in [0.05, 0.1) is 31.9 Å². The quantitative estimate of drug-likeness (QED) is 0.348. The second-order valence-corrected chi connectivity index (χ2v) is 7.07. The Morgan fingerprint density at radius 2 is 1.74 bits per heavy atom. The Morgan fingerprint density at radius 3 is 2.33 bits per heavy atom. The van der Waals surface area contributed by atoms with Gasteiger partial charge in [0.2, 0.25) is 11.6 Å². The first-order valence-corrected chi connectivity index (χ1v) is 9.20.